The molecule has 0 atom stereocenters. The molecule has 50 heavy (non-hydrogen) atoms. The van der Waals surface area contributed by atoms with Gasteiger partial charge in [-0.3, -0.25) is 0 Å². The quantitative estimate of drug-likeness (QED) is 0.178. The van der Waals surface area contributed by atoms with Gasteiger partial charge in [0, 0.05) is 38.6 Å². The van der Waals surface area contributed by atoms with Crippen LogP contribution in [0.15, 0.2) is 164 Å². The number of rotatable bonds is 6. The molecule has 2 nitrogen and oxygen atoms in total. The first-order chi connectivity index (χ1) is 24.8. The highest BCUT2D eigenvalue weighted by Gasteiger charge is 2.26. The Morgan fingerprint density at radius 3 is 1.96 bits per heavy atom. The van der Waals surface area contributed by atoms with Crippen LogP contribution in [0.4, 0.5) is 28.4 Å². The van der Waals surface area contributed by atoms with E-state index in [2.05, 4.69) is 180 Å². The number of anilines is 5. The van der Waals surface area contributed by atoms with Crippen molar-refractivity contribution >= 4 is 72.5 Å². The highest BCUT2D eigenvalue weighted by atomic mass is 15.2. The number of para-hydroxylation sites is 2. The molecule has 238 valence electrons. The van der Waals surface area contributed by atoms with Crippen LogP contribution in [0.2, 0.25) is 0 Å². The average molecular weight is 641 g/mol. The van der Waals surface area contributed by atoms with Gasteiger partial charge in [-0.2, -0.15) is 0 Å². The third kappa shape index (κ3) is 4.56. The lowest BCUT2D eigenvalue weighted by atomic mass is 9.87. The zero-order valence-electron chi connectivity index (χ0n) is 27.9. The zero-order chi connectivity index (χ0) is 33.0. The molecule has 8 aromatic rings. The van der Waals surface area contributed by atoms with Crippen molar-refractivity contribution in [3.05, 3.63) is 186 Å². The third-order valence-electron chi connectivity index (χ3n) is 10.7. The predicted molar refractivity (Wildman–Crippen MR) is 213 cm³/mol. The number of fused-ring (bicyclic) bond motifs is 2. The van der Waals surface area contributed by atoms with E-state index in [-0.39, 0.29) is 0 Å². The SMILES string of the molecule is C1=Cc2c(cccc2N(C2=c3ccc4ccc(N(c5ccccc5)c5cccc6ccccc56)c5ccc(c3c45)CC2)c2ccccc2)CC1. The van der Waals surface area contributed by atoms with Crippen molar-refractivity contribution in [1.29, 1.82) is 0 Å². The molecule has 8 aromatic carbocycles. The second kappa shape index (κ2) is 11.8. The molecule has 0 radical (unpaired) electrons. The Morgan fingerprint density at radius 2 is 1.10 bits per heavy atom. The molecule has 0 aromatic heterocycles. The molecular formula is C48H36N2. The van der Waals surface area contributed by atoms with Crippen LogP contribution in [-0.4, -0.2) is 0 Å². The lowest BCUT2D eigenvalue weighted by Gasteiger charge is -2.33. The van der Waals surface area contributed by atoms with Crippen molar-refractivity contribution in [1.82, 2.24) is 0 Å². The molecule has 0 saturated heterocycles. The van der Waals surface area contributed by atoms with Gasteiger partial charge in [-0.05, 0) is 101 Å². The van der Waals surface area contributed by atoms with E-state index in [1.165, 1.54) is 82.7 Å². The maximum Gasteiger partial charge on any atom is 0.0540 e. The van der Waals surface area contributed by atoms with E-state index >= 15 is 0 Å². The van der Waals surface area contributed by atoms with E-state index in [0.29, 0.717) is 0 Å². The van der Waals surface area contributed by atoms with Crippen molar-refractivity contribution in [2.24, 2.45) is 0 Å². The summed E-state index contributed by atoms with van der Waals surface area (Å²) in [5, 5.41) is 9.09. The van der Waals surface area contributed by atoms with Gasteiger partial charge in [-0.25, -0.2) is 0 Å². The molecule has 0 fully saturated rings. The molecule has 2 aliphatic rings. The Hall–Kier alpha value is -6.12. The fraction of sp³-hybridized carbons (Fsp3) is 0.0833. The van der Waals surface area contributed by atoms with E-state index < -0.39 is 0 Å². The summed E-state index contributed by atoms with van der Waals surface area (Å²) in [7, 11) is 0. The first-order valence-corrected chi connectivity index (χ1v) is 17.8. The van der Waals surface area contributed by atoms with Crippen molar-refractivity contribution in [3.8, 4) is 0 Å². The van der Waals surface area contributed by atoms with Gasteiger partial charge >= 0.3 is 0 Å². The Bertz CT molecular complexity index is 2650. The topological polar surface area (TPSA) is 6.48 Å². The Balaban J connectivity index is 1.27. The summed E-state index contributed by atoms with van der Waals surface area (Å²) in [6, 6.07) is 58.2. The molecule has 2 aliphatic carbocycles. The van der Waals surface area contributed by atoms with Crippen LogP contribution in [0, 0.1) is 0 Å². The average Bonchev–Trinajstić information content (AvgIpc) is 3.19. The van der Waals surface area contributed by atoms with E-state index in [9.17, 15) is 0 Å². The number of benzene rings is 8. The van der Waals surface area contributed by atoms with Crippen LogP contribution < -0.4 is 15.0 Å². The summed E-state index contributed by atoms with van der Waals surface area (Å²) in [5.41, 5.74) is 11.6. The van der Waals surface area contributed by atoms with Crippen molar-refractivity contribution in [2.75, 3.05) is 9.80 Å². The van der Waals surface area contributed by atoms with Crippen LogP contribution in [0.25, 0.3) is 44.1 Å². The minimum absolute atomic E-state index is 0.974. The van der Waals surface area contributed by atoms with E-state index in [4.69, 9.17) is 0 Å². The van der Waals surface area contributed by atoms with Crippen LogP contribution in [0.5, 0.6) is 0 Å². The summed E-state index contributed by atoms with van der Waals surface area (Å²) >= 11 is 0. The first-order valence-electron chi connectivity index (χ1n) is 17.8. The summed E-state index contributed by atoms with van der Waals surface area (Å²) in [4.78, 5) is 5.01. The van der Waals surface area contributed by atoms with Gasteiger partial charge < -0.3 is 9.80 Å². The van der Waals surface area contributed by atoms with E-state index in [1.54, 1.807) is 0 Å². The second-order valence-corrected chi connectivity index (χ2v) is 13.5. The van der Waals surface area contributed by atoms with Gasteiger partial charge in [-0.1, -0.05) is 127 Å². The maximum absolute atomic E-state index is 2.55. The molecule has 0 saturated carbocycles. The highest BCUT2D eigenvalue weighted by molar-refractivity contribution is 6.18. The summed E-state index contributed by atoms with van der Waals surface area (Å²) in [6.07, 6.45) is 8.83. The largest absolute Gasteiger partial charge is 0.313 e. The Kier molecular flexibility index (Phi) is 6.80. The standard InChI is InChI=1S/C48H36N2/c1-3-17-37(18-4-1)49(43-23-11-15-33-13-7-9-21-39(33)43)45-31-27-35-26-30-42-46(32-28-36-25-29-41(45)47(35)48(36)42)50(38-19-5-2-6-20-38)44-24-12-16-34-14-8-10-22-40(34)44/h1-7,9-13,15-27,29-31H,8,14,28,32H2. The number of nitrogens with zero attached hydrogens (tertiary/aromatic N) is 2. The molecule has 0 heterocycles. The van der Waals surface area contributed by atoms with Gasteiger partial charge in [0.1, 0.15) is 0 Å². The summed E-state index contributed by atoms with van der Waals surface area (Å²) in [5.74, 6) is 0. The lowest BCUT2D eigenvalue weighted by molar-refractivity contribution is 0.963. The molecule has 10 rings (SSSR count). The predicted octanol–water partition coefficient (Wildman–Crippen LogP) is 12.2. The second-order valence-electron chi connectivity index (χ2n) is 13.5. The molecule has 0 amide bonds. The van der Waals surface area contributed by atoms with Crippen molar-refractivity contribution in [3.63, 3.8) is 0 Å². The van der Waals surface area contributed by atoms with E-state index in [0.717, 1.165) is 31.4 Å². The highest BCUT2D eigenvalue weighted by Crippen LogP contribution is 2.45. The van der Waals surface area contributed by atoms with Crippen LogP contribution >= 0.6 is 0 Å². The lowest BCUT2D eigenvalue weighted by Crippen LogP contribution is -2.27. The smallest absolute Gasteiger partial charge is 0.0540 e. The van der Waals surface area contributed by atoms with Crippen LogP contribution in [0.3, 0.4) is 0 Å². The maximum atomic E-state index is 2.55. The van der Waals surface area contributed by atoms with E-state index in [1.807, 2.05) is 0 Å². The van der Waals surface area contributed by atoms with Crippen LogP contribution in [-0.2, 0) is 12.8 Å². The summed E-state index contributed by atoms with van der Waals surface area (Å²) in [6.45, 7) is 0. The minimum Gasteiger partial charge on any atom is -0.313 e. The molecule has 0 unspecified atom stereocenters. The van der Waals surface area contributed by atoms with Crippen molar-refractivity contribution < 1.29 is 0 Å². The number of aryl methyl sites for hydroxylation is 2. The number of hydrogen-bond acceptors (Lipinski definition) is 2. The number of allylic oxidation sites excluding steroid dienone is 1. The van der Waals surface area contributed by atoms with Gasteiger partial charge in [-0.15, -0.1) is 0 Å². The zero-order valence-corrected chi connectivity index (χ0v) is 27.9. The van der Waals surface area contributed by atoms with Gasteiger partial charge in [0.15, 0.2) is 0 Å². The normalized spacial score (nSPS) is 13.6. The third-order valence-corrected chi connectivity index (χ3v) is 10.7. The van der Waals surface area contributed by atoms with Gasteiger partial charge in [0.2, 0.25) is 0 Å². The molecule has 0 spiro atoms. The number of hydrogen-bond donors (Lipinski definition) is 0. The molecule has 0 bridgehead atoms. The minimum atomic E-state index is 0.974. The van der Waals surface area contributed by atoms with Gasteiger partial charge in [0.05, 0.1) is 17.1 Å². The first kappa shape index (κ1) is 28.9. The fourth-order valence-corrected chi connectivity index (χ4v) is 8.52. The molecule has 2 heteroatoms. The molecule has 0 aliphatic heterocycles. The van der Waals surface area contributed by atoms with Crippen LogP contribution in [0.1, 0.15) is 29.5 Å². The fourth-order valence-electron chi connectivity index (χ4n) is 8.52. The molecule has 0 N–H and O–H groups in total. The molecular weight excluding hydrogens is 605 g/mol. The Labute approximate surface area is 292 Å². The summed E-state index contributed by atoms with van der Waals surface area (Å²) < 4.78 is 0. The monoisotopic (exact) mass is 640 g/mol. The van der Waals surface area contributed by atoms with Gasteiger partial charge in [0.25, 0.3) is 0 Å². The Morgan fingerprint density at radius 1 is 0.400 bits per heavy atom. The van der Waals surface area contributed by atoms with Crippen molar-refractivity contribution in [2.45, 2.75) is 25.7 Å².